The summed E-state index contributed by atoms with van der Waals surface area (Å²) in [5, 5.41) is 14.2. The van der Waals surface area contributed by atoms with Crippen LogP contribution in [0.5, 0.6) is 5.75 Å². The molecule has 226 valence electrons. The number of aromatic nitrogens is 3. The van der Waals surface area contributed by atoms with Crippen molar-refractivity contribution >= 4 is 34.4 Å². The molecule has 0 saturated carbocycles. The van der Waals surface area contributed by atoms with Gasteiger partial charge in [0.1, 0.15) is 6.61 Å². The van der Waals surface area contributed by atoms with Crippen LogP contribution >= 0.6 is 0 Å². The fourth-order valence-corrected chi connectivity index (χ4v) is 5.76. The minimum absolute atomic E-state index is 0.118. The predicted molar refractivity (Wildman–Crippen MR) is 166 cm³/mol. The third-order valence-corrected chi connectivity index (χ3v) is 7.54. The summed E-state index contributed by atoms with van der Waals surface area (Å²) in [5.74, 6) is -0.185. The van der Waals surface area contributed by atoms with E-state index in [4.69, 9.17) is 9.47 Å². The standard InChI is InChI=1S/C33H39N5O5/c1-19-8-10-23(11-9-19)27-25-16-20(2)37-13-14-38(32-35-17-24(18-36-32)42-15-12-34-22(4)39)28(29(25)37)21(3)26(27)30(31(40)41)43-33(5,6)7/h8-11,16-18,30H,12-15H2,1-7H3,(H,34,39)(H,40,41)/t30-/m0/s1. The number of carbonyl (C=O) groups is 2. The molecule has 1 aliphatic heterocycles. The monoisotopic (exact) mass is 585 g/mol. The van der Waals surface area contributed by atoms with E-state index in [1.54, 1.807) is 12.4 Å². The number of carbonyl (C=O) groups excluding carboxylic acids is 1. The summed E-state index contributed by atoms with van der Waals surface area (Å²) in [6, 6.07) is 10.3. The van der Waals surface area contributed by atoms with E-state index >= 15 is 0 Å². The molecule has 43 heavy (non-hydrogen) atoms. The second-order valence-corrected chi connectivity index (χ2v) is 12.0. The molecule has 0 spiro atoms. The lowest BCUT2D eigenvalue weighted by Gasteiger charge is -2.35. The molecule has 1 aliphatic rings. The van der Waals surface area contributed by atoms with E-state index in [2.05, 4.69) is 37.7 Å². The van der Waals surface area contributed by atoms with Gasteiger partial charge >= 0.3 is 5.97 Å². The van der Waals surface area contributed by atoms with Crippen molar-refractivity contribution in [2.24, 2.45) is 0 Å². The van der Waals surface area contributed by atoms with Crippen LogP contribution in [0.2, 0.25) is 0 Å². The molecule has 10 nitrogen and oxygen atoms in total. The highest BCUT2D eigenvalue weighted by Gasteiger charge is 2.36. The maximum atomic E-state index is 12.9. The summed E-state index contributed by atoms with van der Waals surface area (Å²) >= 11 is 0. The molecule has 0 radical (unpaired) electrons. The van der Waals surface area contributed by atoms with E-state index in [1.165, 1.54) is 6.92 Å². The zero-order chi connectivity index (χ0) is 31.1. The van der Waals surface area contributed by atoms with Gasteiger partial charge in [0.2, 0.25) is 11.9 Å². The quantitative estimate of drug-likeness (QED) is 0.243. The van der Waals surface area contributed by atoms with Crippen molar-refractivity contribution in [3.63, 3.8) is 0 Å². The van der Waals surface area contributed by atoms with Crippen molar-refractivity contribution < 1.29 is 24.2 Å². The van der Waals surface area contributed by atoms with Gasteiger partial charge in [-0.25, -0.2) is 14.8 Å². The number of aliphatic carboxylic acids is 1. The van der Waals surface area contributed by atoms with Gasteiger partial charge in [0, 0.05) is 36.7 Å². The number of benzene rings is 2. The van der Waals surface area contributed by atoms with Crippen molar-refractivity contribution in [1.82, 2.24) is 19.9 Å². The minimum atomic E-state index is -1.20. The molecule has 2 aromatic heterocycles. The molecular formula is C33H39N5O5. The van der Waals surface area contributed by atoms with Crippen LogP contribution in [0.15, 0.2) is 42.7 Å². The van der Waals surface area contributed by atoms with Crippen LogP contribution in [0.4, 0.5) is 11.6 Å². The SMILES string of the molecule is CC(=O)NCCOc1cnc(N2CCn3c(C)cc4c(-c5ccc(C)cc5)c([C@H](OC(C)(C)C)C(=O)O)c(C)c2c43)nc1. The molecule has 4 aromatic rings. The zero-order valence-corrected chi connectivity index (χ0v) is 25.8. The molecule has 2 N–H and O–H groups in total. The van der Waals surface area contributed by atoms with Crippen LogP contribution in [0, 0.1) is 20.8 Å². The van der Waals surface area contributed by atoms with E-state index in [9.17, 15) is 14.7 Å². The maximum absolute atomic E-state index is 12.9. The number of hydrogen-bond acceptors (Lipinski definition) is 7. The molecule has 0 aliphatic carbocycles. The first-order valence-electron chi connectivity index (χ1n) is 14.5. The third kappa shape index (κ3) is 6.06. The van der Waals surface area contributed by atoms with E-state index in [-0.39, 0.29) is 5.91 Å². The highest BCUT2D eigenvalue weighted by molar-refractivity contribution is 6.08. The average Bonchev–Trinajstić information content (AvgIpc) is 3.28. The second kappa shape index (κ2) is 11.7. The third-order valence-electron chi connectivity index (χ3n) is 7.54. The van der Waals surface area contributed by atoms with Crippen LogP contribution in [0.1, 0.15) is 56.2 Å². The summed E-state index contributed by atoms with van der Waals surface area (Å²) < 4.78 is 14.3. The summed E-state index contributed by atoms with van der Waals surface area (Å²) in [5.41, 5.74) is 6.61. The van der Waals surface area contributed by atoms with E-state index in [0.29, 0.717) is 43.5 Å². The fraction of sp³-hybridized carbons (Fsp3) is 0.394. The van der Waals surface area contributed by atoms with Crippen LogP contribution in [0.3, 0.4) is 0 Å². The summed E-state index contributed by atoms with van der Waals surface area (Å²) in [6.07, 6.45) is 2.03. The van der Waals surface area contributed by atoms with Crippen molar-refractivity contribution in [2.45, 2.75) is 66.7 Å². The Morgan fingerprint density at radius 2 is 1.74 bits per heavy atom. The van der Waals surface area contributed by atoms with E-state index in [1.807, 2.05) is 58.9 Å². The van der Waals surface area contributed by atoms with Crippen LogP contribution < -0.4 is 15.0 Å². The number of nitrogens with one attached hydrogen (secondary N) is 1. The summed E-state index contributed by atoms with van der Waals surface area (Å²) in [7, 11) is 0. The Hall–Kier alpha value is -4.44. The van der Waals surface area contributed by atoms with Gasteiger partial charge in [0.15, 0.2) is 11.9 Å². The van der Waals surface area contributed by atoms with Crippen LogP contribution in [-0.4, -0.2) is 56.8 Å². The number of ether oxygens (including phenoxy) is 2. The Bertz CT molecular complexity index is 1670. The summed E-state index contributed by atoms with van der Waals surface area (Å²) in [4.78, 5) is 35.3. The minimum Gasteiger partial charge on any atom is -0.489 e. The molecule has 3 heterocycles. The molecule has 10 heteroatoms. The fourth-order valence-electron chi connectivity index (χ4n) is 5.76. The molecule has 1 amide bonds. The van der Waals surface area contributed by atoms with Crippen molar-refractivity contribution in [3.8, 4) is 16.9 Å². The van der Waals surface area contributed by atoms with Crippen molar-refractivity contribution in [1.29, 1.82) is 0 Å². The lowest BCUT2D eigenvalue weighted by molar-refractivity contribution is -0.160. The number of rotatable bonds is 9. The van der Waals surface area contributed by atoms with E-state index < -0.39 is 17.7 Å². The van der Waals surface area contributed by atoms with Gasteiger partial charge in [-0.15, -0.1) is 0 Å². The van der Waals surface area contributed by atoms with Gasteiger partial charge < -0.3 is 29.4 Å². The van der Waals surface area contributed by atoms with Gasteiger partial charge in [-0.3, -0.25) is 4.79 Å². The zero-order valence-electron chi connectivity index (χ0n) is 25.8. The lowest BCUT2D eigenvalue weighted by atomic mass is 9.87. The highest BCUT2D eigenvalue weighted by atomic mass is 16.5. The molecular weight excluding hydrogens is 546 g/mol. The Morgan fingerprint density at radius 1 is 1.07 bits per heavy atom. The maximum Gasteiger partial charge on any atom is 0.337 e. The number of amides is 1. The Labute approximate surface area is 251 Å². The number of nitrogens with zero attached hydrogens (tertiary/aromatic N) is 4. The number of carboxylic acids is 1. The van der Waals surface area contributed by atoms with Gasteiger partial charge in [-0.05, 0) is 64.3 Å². The molecule has 0 bridgehead atoms. The largest absolute Gasteiger partial charge is 0.489 e. The molecule has 0 unspecified atom stereocenters. The molecule has 5 rings (SSSR count). The van der Waals surface area contributed by atoms with Gasteiger partial charge in [-0.1, -0.05) is 29.8 Å². The first-order valence-corrected chi connectivity index (χ1v) is 14.5. The number of anilines is 2. The first kappa shape index (κ1) is 30.0. The van der Waals surface area contributed by atoms with Crippen molar-refractivity contribution in [3.05, 3.63) is 65.1 Å². The van der Waals surface area contributed by atoms with E-state index in [0.717, 1.165) is 44.5 Å². The number of hydrogen-bond donors (Lipinski definition) is 2. The Balaban J connectivity index is 1.69. The van der Waals surface area contributed by atoms with Crippen LogP contribution in [0.25, 0.3) is 22.0 Å². The van der Waals surface area contributed by atoms with Crippen molar-refractivity contribution in [2.75, 3.05) is 24.6 Å². The Morgan fingerprint density at radius 3 is 2.35 bits per heavy atom. The molecule has 0 fully saturated rings. The number of aryl methyl sites for hydroxylation is 2. The Kier molecular flexibility index (Phi) is 8.16. The highest BCUT2D eigenvalue weighted by Crippen LogP contribution is 2.49. The number of carboxylic acid groups (broad SMARTS) is 1. The smallest absolute Gasteiger partial charge is 0.337 e. The first-order chi connectivity index (χ1) is 20.4. The van der Waals surface area contributed by atoms with Gasteiger partial charge in [0.25, 0.3) is 0 Å². The lowest BCUT2D eigenvalue weighted by Crippen LogP contribution is -2.32. The summed E-state index contributed by atoms with van der Waals surface area (Å²) in [6.45, 7) is 15.1. The predicted octanol–water partition coefficient (Wildman–Crippen LogP) is 5.63. The van der Waals surface area contributed by atoms with Gasteiger partial charge in [0.05, 0.1) is 35.7 Å². The molecule has 2 aromatic carbocycles. The van der Waals surface area contributed by atoms with Gasteiger partial charge in [-0.2, -0.15) is 0 Å². The topological polar surface area (TPSA) is 119 Å². The molecule has 1 atom stereocenters. The van der Waals surface area contributed by atoms with Crippen LogP contribution in [-0.2, 0) is 20.9 Å². The second-order valence-electron chi connectivity index (χ2n) is 12.0. The average molecular weight is 586 g/mol. The molecule has 0 saturated heterocycles. The normalized spacial score (nSPS) is 13.7.